The highest BCUT2D eigenvalue weighted by atomic mass is 32.1. The Labute approximate surface area is 134 Å². The zero-order chi connectivity index (χ0) is 16.7. The van der Waals surface area contributed by atoms with Crippen molar-refractivity contribution in [3.05, 3.63) is 23.3 Å². The van der Waals surface area contributed by atoms with E-state index in [2.05, 4.69) is 15.8 Å². The van der Waals surface area contributed by atoms with Crippen LogP contribution in [0.15, 0.2) is 17.2 Å². The van der Waals surface area contributed by atoms with Crippen molar-refractivity contribution in [2.24, 2.45) is 5.10 Å². The number of hydrogen-bond donors (Lipinski definition) is 2. The molecule has 0 saturated heterocycles. The number of ether oxygens (including phenoxy) is 2. The molecule has 0 saturated carbocycles. The predicted octanol–water partition coefficient (Wildman–Crippen LogP) is 0.274. The molecule has 0 aromatic heterocycles. The Kier molecular flexibility index (Phi) is 6.58. The molecular weight excluding hydrogens is 306 g/mol. The number of hydrogen-bond acceptors (Lipinski definition) is 6. The average molecular weight is 324 g/mol. The van der Waals surface area contributed by atoms with E-state index in [4.69, 9.17) is 21.7 Å². The van der Waals surface area contributed by atoms with Crippen LogP contribution >= 0.6 is 12.2 Å². The molecule has 2 N–H and O–H groups in total. The van der Waals surface area contributed by atoms with Crippen molar-refractivity contribution in [1.29, 1.82) is 0 Å². The van der Waals surface area contributed by atoms with E-state index in [1.807, 2.05) is 13.8 Å². The third-order valence-electron chi connectivity index (χ3n) is 2.57. The zero-order valence-electron chi connectivity index (χ0n) is 12.8. The van der Waals surface area contributed by atoms with Gasteiger partial charge >= 0.3 is 0 Å². The van der Waals surface area contributed by atoms with Crippen LogP contribution in [0.25, 0.3) is 0 Å². The average Bonchev–Trinajstić information content (AvgIpc) is 2.45. The molecular formula is C14H18N3O4S-. The highest BCUT2D eigenvalue weighted by Crippen LogP contribution is 2.32. The Balaban J connectivity index is 3.04. The quantitative estimate of drug-likeness (QED) is 0.441. The van der Waals surface area contributed by atoms with Gasteiger partial charge in [0, 0.05) is 11.6 Å². The van der Waals surface area contributed by atoms with Crippen LogP contribution in [0.5, 0.6) is 11.5 Å². The molecule has 1 rings (SSSR count). The number of hydrazone groups is 1. The van der Waals surface area contributed by atoms with E-state index in [1.54, 1.807) is 6.07 Å². The van der Waals surface area contributed by atoms with Gasteiger partial charge in [0.25, 0.3) is 0 Å². The third-order valence-corrected chi connectivity index (χ3v) is 2.78. The molecule has 8 heteroatoms. The lowest BCUT2D eigenvalue weighted by Crippen LogP contribution is -2.36. The van der Waals surface area contributed by atoms with Crippen LogP contribution in [0.1, 0.15) is 29.8 Å². The number of methoxy groups -OCH3 is 2. The smallest absolute Gasteiger partial charge is 0.187 e. The van der Waals surface area contributed by atoms with Gasteiger partial charge in [0.1, 0.15) is 0 Å². The summed E-state index contributed by atoms with van der Waals surface area (Å²) < 4.78 is 10.1. The lowest BCUT2D eigenvalue weighted by Gasteiger charge is -2.15. The lowest BCUT2D eigenvalue weighted by atomic mass is 10.1. The van der Waals surface area contributed by atoms with Gasteiger partial charge in [-0.1, -0.05) is 0 Å². The predicted molar refractivity (Wildman–Crippen MR) is 85.5 cm³/mol. The number of benzene rings is 1. The highest BCUT2D eigenvalue weighted by Gasteiger charge is 2.14. The Hall–Kier alpha value is -2.35. The van der Waals surface area contributed by atoms with Crippen molar-refractivity contribution >= 4 is 29.5 Å². The van der Waals surface area contributed by atoms with E-state index in [0.717, 1.165) is 0 Å². The normalized spacial score (nSPS) is 10.6. The first-order valence-electron chi connectivity index (χ1n) is 6.46. The molecule has 7 nitrogen and oxygen atoms in total. The van der Waals surface area contributed by atoms with Crippen LogP contribution in [0, 0.1) is 0 Å². The number of carboxylic acids is 1. The number of carboxylic acid groups (broad SMARTS) is 1. The molecule has 0 radical (unpaired) electrons. The maximum absolute atomic E-state index is 11.3. The fourth-order valence-electron chi connectivity index (χ4n) is 1.72. The van der Waals surface area contributed by atoms with Gasteiger partial charge in [-0.15, -0.1) is 0 Å². The summed E-state index contributed by atoms with van der Waals surface area (Å²) in [4.78, 5) is 11.3. The molecule has 0 bridgehead atoms. The number of carbonyl (C=O) groups is 1. The molecule has 0 heterocycles. The van der Waals surface area contributed by atoms with Crippen LogP contribution in [-0.4, -0.2) is 37.6 Å². The molecule has 0 amide bonds. The summed E-state index contributed by atoms with van der Waals surface area (Å²) in [5.74, 6) is -1.02. The summed E-state index contributed by atoms with van der Waals surface area (Å²) in [6.45, 7) is 3.86. The van der Waals surface area contributed by atoms with Gasteiger partial charge in [-0.2, -0.15) is 5.10 Å². The monoisotopic (exact) mass is 324 g/mol. The molecule has 120 valence electrons. The molecule has 0 aliphatic heterocycles. The minimum Gasteiger partial charge on any atom is -0.545 e. The number of thiocarbonyl (C=S) groups is 1. The Bertz CT molecular complexity index is 588. The fraction of sp³-hybridized carbons (Fsp3) is 0.357. The molecule has 22 heavy (non-hydrogen) atoms. The van der Waals surface area contributed by atoms with Crippen LogP contribution in [-0.2, 0) is 0 Å². The van der Waals surface area contributed by atoms with Gasteiger partial charge in [-0.25, -0.2) is 0 Å². The Morgan fingerprint density at radius 2 is 2.05 bits per heavy atom. The highest BCUT2D eigenvalue weighted by molar-refractivity contribution is 7.80. The van der Waals surface area contributed by atoms with Crippen molar-refractivity contribution in [1.82, 2.24) is 10.7 Å². The second-order valence-corrected chi connectivity index (χ2v) is 4.96. The molecule has 0 atom stereocenters. The second kappa shape index (κ2) is 8.18. The van der Waals surface area contributed by atoms with Crippen LogP contribution in [0.4, 0.5) is 0 Å². The van der Waals surface area contributed by atoms with Gasteiger partial charge in [0.2, 0.25) is 0 Å². The summed E-state index contributed by atoms with van der Waals surface area (Å²) in [6.07, 6.45) is 1.32. The third kappa shape index (κ3) is 4.59. The summed E-state index contributed by atoms with van der Waals surface area (Å²) in [5.41, 5.74) is 2.76. The Morgan fingerprint density at radius 1 is 1.36 bits per heavy atom. The van der Waals surface area contributed by atoms with E-state index < -0.39 is 5.97 Å². The number of aromatic carboxylic acids is 1. The van der Waals surface area contributed by atoms with E-state index in [0.29, 0.717) is 16.4 Å². The largest absolute Gasteiger partial charge is 0.545 e. The molecule has 0 fully saturated rings. The minimum atomic E-state index is -1.39. The molecule has 0 unspecified atom stereocenters. The zero-order valence-corrected chi connectivity index (χ0v) is 13.6. The summed E-state index contributed by atoms with van der Waals surface area (Å²) in [7, 11) is 2.77. The van der Waals surface area contributed by atoms with Crippen LogP contribution in [0.2, 0.25) is 0 Å². The molecule has 0 spiro atoms. The SMILES string of the molecule is COc1ccc(/C=N\NC(=S)NC(C)C)c(C(=O)[O-])c1OC. The molecule has 1 aromatic rings. The summed E-state index contributed by atoms with van der Waals surface area (Å²) in [5, 5.41) is 18.5. The number of nitrogens with one attached hydrogen (secondary N) is 2. The summed E-state index contributed by atoms with van der Waals surface area (Å²) >= 11 is 5.01. The maximum Gasteiger partial charge on any atom is 0.187 e. The van der Waals surface area contributed by atoms with Crippen molar-refractivity contribution < 1.29 is 19.4 Å². The molecule has 0 aliphatic carbocycles. The van der Waals surface area contributed by atoms with Crippen molar-refractivity contribution in [2.45, 2.75) is 19.9 Å². The lowest BCUT2D eigenvalue weighted by molar-refractivity contribution is -0.255. The van der Waals surface area contributed by atoms with Gasteiger partial charge in [-0.3, -0.25) is 5.43 Å². The van der Waals surface area contributed by atoms with Crippen molar-refractivity contribution in [3.63, 3.8) is 0 Å². The van der Waals surface area contributed by atoms with Crippen LogP contribution < -0.4 is 25.3 Å². The van der Waals surface area contributed by atoms with E-state index >= 15 is 0 Å². The van der Waals surface area contributed by atoms with Gasteiger partial charge < -0.3 is 24.7 Å². The first kappa shape index (κ1) is 17.7. The number of carbonyl (C=O) groups excluding carboxylic acids is 1. The Morgan fingerprint density at radius 3 is 2.55 bits per heavy atom. The molecule has 0 aliphatic rings. The summed E-state index contributed by atoms with van der Waals surface area (Å²) in [6, 6.07) is 3.28. The first-order valence-corrected chi connectivity index (χ1v) is 6.87. The van der Waals surface area contributed by atoms with Gasteiger partial charge in [-0.05, 0) is 38.2 Å². The topological polar surface area (TPSA) is 95.0 Å². The van der Waals surface area contributed by atoms with E-state index in [1.165, 1.54) is 26.5 Å². The molecule has 1 aromatic carbocycles. The first-order chi connectivity index (χ1) is 10.4. The number of rotatable bonds is 6. The van der Waals surface area contributed by atoms with Gasteiger partial charge in [0.05, 0.1) is 32.0 Å². The van der Waals surface area contributed by atoms with Crippen LogP contribution in [0.3, 0.4) is 0 Å². The van der Waals surface area contributed by atoms with E-state index in [-0.39, 0.29) is 17.4 Å². The van der Waals surface area contributed by atoms with E-state index in [9.17, 15) is 9.90 Å². The minimum absolute atomic E-state index is 0.0781. The standard InChI is InChI=1S/C14H19N3O4S/c1-8(2)16-14(22)17-15-7-9-5-6-10(20-3)12(21-4)11(9)13(18)19/h5-8H,1-4H3,(H,18,19)(H2,16,17,22)/p-1/b15-7-. The van der Waals surface area contributed by atoms with Gasteiger partial charge in [0.15, 0.2) is 16.6 Å². The maximum atomic E-state index is 11.3. The second-order valence-electron chi connectivity index (χ2n) is 4.55. The van der Waals surface area contributed by atoms with Crippen molar-refractivity contribution in [2.75, 3.05) is 14.2 Å². The fourth-order valence-corrected chi connectivity index (χ4v) is 2.00. The van der Waals surface area contributed by atoms with Crippen molar-refractivity contribution in [3.8, 4) is 11.5 Å². The number of nitrogens with zero attached hydrogens (tertiary/aromatic N) is 1.